The lowest BCUT2D eigenvalue weighted by Crippen LogP contribution is -2.26. The first-order chi connectivity index (χ1) is 7.83. The van der Waals surface area contributed by atoms with Crippen molar-refractivity contribution in [2.24, 2.45) is 0 Å². The van der Waals surface area contributed by atoms with Crippen LogP contribution in [0.25, 0.3) is 0 Å². The van der Waals surface area contributed by atoms with E-state index in [0.29, 0.717) is 18.3 Å². The standard InChI is InChI=1S/C13H19NO2/c1-2-16-12-5-3-4-11(15)13(12)10-6-8-14-9-7-10/h3-5,10,14-15H,2,6-9H2,1H3. The van der Waals surface area contributed by atoms with Crippen LogP contribution in [0.15, 0.2) is 18.2 Å². The first-order valence-electron chi connectivity index (χ1n) is 5.98. The first kappa shape index (κ1) is 11.3. The van der Waals surface area contributed by atoms with Gasteiger partial charge in [0, 0.05) is 5.56 Å². The van der Waals surface area contributed by atoms with E-state index < -0.39 is 0 Å². The predicted molar refractivity (Wildman–Crippen MR) is 64.1 cm³/mol. The highest BCUT2D eigenvalue weighted by Crippen LogP contribution is 2.38. The summed E-state index contributed by atoms with van der Waals surface area (Å²) >= 11 is 0. The minimum absolute atomic E-state index is 0.373. The van der Waals surface area contributed by atoms with Crippen LogP contribution >= 0.6 is 0 Å². The van der Waals surface area contributed by atoms with Crippen molar-refractivity contribution in [1.29, 1.82) is 0 Å². The number of piperidine rings is 1. The third-order valence-electron chi connectivity index (χ3n) is 3.09. The maximum atomic E-state index is 9.97. The number of benzene rings is 1. The van der Waals surface area contributed by atoms with Crippen LogP contribution in [0.1, 0.15) is 31.2 Å². The molecule has 16 heavy (non-hydrogen) atoms. The molecular weight excluding hydrogens is 202 g/mol. The molecule has 0 bridgehead atoms. The zero-order valence-electron chi connectivity index (χ0n) is 9.70. The summed E-state index contributed by atoms with van der Waals surface area (Å²) in [7, 11) is 0. The van der Waals surface area contributed by atoms with E-state index in [0.717, 1.165) is 37.2 Å². The molecule has 3 heteroatoms. The zero-order chi connectivity index (χ0) is 11.4. The second kappa shape index (κ2) is 5.21. The van der Waals surface area contributed by atoms with E-state index in [1.807, 2.05) is 19.1 Å². The largest absolute Gasteiger partial charge is 0.508 e. The van der Waals surface area contributed by atoms with Gasteiger partial charge in [-0.25, -0.2) is 0 Å². The lowest BCUT2D eigenvalue weighted by molar-refractivity contribution is 0.324. The molecule has 0 atom stereocenters. The minimum Gasteiger partial charge on any atom is -0.508 e. The Morgan fingerprint density at radius 1 is 1.38 bits per heavy atom. The SMILES string of the molecule is CCOc1cccc(O)c1C1CCNCC1. The topological polar surface area (TPSA) is 41.5 Å². The molecule has 0 unspecified atom stereocenters. The second-order valence-corrected chi connectivity index (χ2v) is 4.15. The summed E-state index contributed by atoms with van der Waals surface area (Å²) in [4.78, 5) is 0. The van der Waals surface area contributed by atoms with Gasteiger partial charge in [0.25, 0.3) is 0 Å². The van der Waals surface area contributed by atoms with E-state index in [2.05, 4.69) is 5.32 Å². The fraction of sp³-hybridized carbons (Fsp3) is 0.538. The van der Waals surface area contributed by atoms with Gasteiger partial charge in [-0.15, -0.1) is 0 Å². The molecule has 88 valence electrons. The van der Waals surface area contributed by atoms with E-state index in [1.165, 1.54) is 0 Å². The van der Waals surface area contributed by atoms with Gasteiger partial charge in [-0.3, -0.25) is 0 Å². The summed E-state index contributed by atoms with van der Waals surface area (Å²) in [5.41, 5.74) is 0.992. The van der Waals surface area contributed by atoms with Crippen LogP contribution in [0.3, 0.4) is 0 Å². The van der Waals surface area contributed by atoms with E-state index in [1.54, 1.807) is 6.07 Å². The van der Waals surface area contributed by atoms with Crippen LogP contribution in [0, 0.1) is 0 Å². The average Bonchev–Trinajstić information content (AvgIpc) is 2.31. The third kappa shape index (κ3) is 2.30. The van der Waals surface area contributed by atoms with Crippen molar-refractivity contribution in [3.8, 4) is 11.5 Å². The maximum Gasteiger partial charge on any atom is 0.126 e. The van der Waals surface area contributed by atoms with E-state index >= 15 is 0 Å². The summed E-state index contributed by atoms with van der Waals surface area (Å²) in [5.74, 6) is 1.64. The number of phenols is 1. The van der Waals surface area contributed by atoms with E-state index in [9.17, 15) is 5.11 Å². The van der Waals surface area contributed by atoms with Crippen molar-refractivity contribution in [3.63, 3.8) is 0 Å². The molecule has 2 N–H and O–H groups in total. The maximum absolute atomic E-state index is 9.97. The number of hydrogen-bond acceptors (Lipinski definition) is 3. The molecule has 1 fully saturated rings. The highest BCUT2D eigenvalue weighted by atomic mass is 16.5. The van der Waals surface area contributed by atoms with Crippen LogP contribution < -0.4 is 10.1 Å². The van der Waals surface area contributed by atoms with Crippen LogP contribution in [0.2, 0.25) is 0 Å². The van der Waals surface area contributed by atoms with Crippen molar-refractivity contribution < 1.29 is 9.84 Å². The Morgan fingerprint density at radius 2 is 2.12 bits per heavy atom. The Morgan fingerprint density at radius 3 is 2.81 bits per heavy atom. The predicted octanol–water partition coefficient (Wildman–Crippen LogP) is 2.26. The van der Waals surface area contributed by atoms with Crippen LogP contribution in [-0.2, 0) is 0 Å². The molecule has 0 amide bonds. The number of ether oxygens (including phenoxy) is 1. The summed E-state index contributed by atoms with van der Waals surface area (Å²) in [6.07, 6.45) is 2.13. The van der Waals surface area contributed by atoms with Gasteiger partial charge in [-0.05, 0) is 50.9 Å². The van der Waals surface area contributed by atoms with Gasteiger partial charge >= 0.3 is 0 Å². The van der Waals surface area contributed by atoms with E-state index in [-0.39, 0.29) is 0 Å². The van der Waals surface area contributed by atoms with Crippen molar-refractivity contribution in [2.75, 3.05) is 19.7 Å². The lowest BCUT2D eigenvalue weighted by atomic mass is 9.89. The quantitative estimate of drug-likeness (QED) is 0.822. The molecule has 1 saturated heterocycles. The Labute approximate surface area is 96.4 Å². The normalized spacial score (nSPS) is 17.3. The summed E-state index contributed by atoms with van der Waals surface area (Å²) < 4.78 is 5.59. The number of rotatable bonds is 3. The van der Waals surface area contributed by atoms with Crippen molar-refractivity contribution >= 4 is 0 Å². The Kier molecular flexibility index (Phi) is 3.67. The number of hydrogen-bond donors (Lipinski definition) is 2. The van der Waals surface area contributed by atoms with Crippen LogP contribution in [0.4, 0.5) is 0 Å². The molecule has 0 aromatic heterocycles. The van der Waals surface area contributed by atoms with E-state index in [4.69, 9.17) is 4.74 Å². The van der Waals surface area contributed by atoms with Crippen molar-refractivity contribution in [3.05, 3.63) is 23.8 Å². The zero-order valence-corrected chi connectivity index (χ0v) is 9.70. The molecule has 0 saturated carbocycles. The summed E-state index contributed by atoms with van der Waals surface area (Å²) in [6, 6.07) is 5.53. The fourth-order valence-electron chi connectivity index (χ4n) is 2.33. The van der Waals surface area contributed by atoms with Crippen molar-refractivity contribution in [2.45, 2.75) is 25.7 Å². The third-order valence-corrected chi connectivity index (χ3v) is 3.09. The summed E-state index contributed by atoms with van der Waals surface area (Å²) in [5, 5.41) is 13.3. The van der Waals surface area contributed by atoms with Crippen molar-refractivity contribution in [1.82, 2.24) is 5.32 Å². The Bertz CT molecular complexity index is 346. The average molecular weight is 221 g/mol. The summed E-state index contributed by atoms with van der Waals surface area (Å²) in [6.45, 7) is 4.65. The smallest absolute Gasteiger partial charge is 0.126 e. The van der Waals surface area contributed by atoms with Gasteiger partial charge in [-0.1, -0.05) is 6.07 Å². The lowest BCUT2D eigenvalue weighted by Gasteiger charge is -2.25. The monoisotopic (exact) mass is 221 g/mol. The van der Waals surface area contributed by atoms with Gasteiger partial charge in [0.15, 0.2) is 0 Å². The Hall–Kier alpha value is -1.22. The molecule has 1 heterocycles. The van der Waals surface area contributed by atoms with Crippen LogP contribution in [-0.4, -0.2) is 24.8 Å². The highest BCUT2D eigenvalue weighted by molar-refractivity contribution is 5.46. The molecule has 1 aromatic carbocycles. The van der Waals surface area contributed by atoms with Gasteiger partial charge in [-0.2, -0.15) is 0 Å². The minimum atomic E-state index is 0.373. The molecule has 1 aliphatic heterocycles. The highest BCUT2D eigenvalue weighted by Gasteiger charge is 2.21. The molecule has 0 spiro atoms. The number of nitrogens with one attached hydrogen (secondary N) is 1. The van der Waals surface area contributed by atoms with Gasteiger partial charge in [0.05, 0.1) is 6.61 Å². The van der Waals surface area contributed by atoms with Gasteiger partial charge in [0.2, 0.25) is 0 Å². The van der Waals surface area contributed by atoms with Gasteiger partial charge in [0.1, 0.15) is 11.5 Å². The second-order valence-electron chi connectivity index (χ2n) is 4.15. The molecule has 3 nitrogen and oxygen atoms in total. The molecular formula is C13H19NO2. The molecule has 2 rings (SSSR count). The molecule has 0 radical (unpaired) electrons. The number of aromatic hydroxyl groups is 1. The molecule has 0 aliphatic carbocycles. The Balaban J connectivity index is 2.28. The molecule has 1 aromatic rings. The van der Waals surface area contributed by atoms with Crippen LogP contribution in [0.5, 0.6) is 11.5 Å². The first-order valence-corrected chi connectivity index (χ1v) is 5.98. The molecule has 1 aliphatic rings. The van der Waals surface area contributed by atoms with Gasteiger partial charge < -0.3 is 15.2 Å². The fourth-order valence-corrected chi connectivity index (χ4v) is 2.33. The number of phenolic OH excluding ortho intramolecular Hbond substituents is 1.